The Hall–Kier alpha value is -2.92. The predicted octanol–water partition coefficient (Wildman–Crippen LogP) is 4.72. The van der Waals surface area contributed by atoms with Gasteiger partial charge in [0.15, 0.2) is 5.11 Å². The molecule has 2 aromatic carbocycles. The molecule has 1 aromatic heterocycles. The van der Waals surface area contributed by atoms with Crippen LogP contribution in [0.1, 0.15) is 22.5 Å². The second-order valence-electron chi connectivity index (χ2n) is 6.19. The molecule has 0 bridgehead atoms. The van der Waals surface area contributed by atoms with E-state index in [1.807, 2.05) is 30.3 Å². The molecule has 0 aliphatic carbocycles. The summed E-state index contributed by atoms with van der Waals surface area (Å²) >= 11 is 5.26. The van der Waals surface area contributed by atoms with E-state index < -0.39 is 0 Å². The zero-order chi connectivity index (χ0) is 18.5. The van der Waals surface area contributed by atoms with Gasteiger partial charge in [-0.15, -0.1) is 0 Å². The lowest BCUT2D eigenvalue weighted by molar-refractivity contribution is 0.962. The molecule has 26 heavy (non-hydrogen) atoms. The lowest BCUT2D eigenvalue weighted by Gasteiger charge is -2.10. The van der Waals surface area contributed by atoms with Crippen molar-refractivity contribution >= 4 is 29.2 Å². The minimum absolute atomic E-state index is 0.458. The van der Waals surface area contributed by atoms with Crippen LogP contribution in [0.5, 0.6) is 0 Å². The Bertz CT molecular complexity index is 942. The minimum Gasteiger partial charge on any atom is -0.331 e. The highest BCUT2D eigenvalue weighted by Crippen LogP contribution is 2.20. The molecular formula is C21H22N4S. The second-order valence-corrected chi connectivity index (χ2v) is 6.60. The first-order valence-electron chi connectivity index (χ1n) is 8.45. The molecule has 0 aliphatic rings. The molecule has 0 saturated heterocycles. The zero-order valence-corrected chi connectivity index (χ0v) is 16.0. The van der Waals surface area contributed by atoms with E-state index in [0.29, 0.717) is 5.11 Å². The molecule has 0 atom stereocenters. The number of aromatic nitrogens is 1. The summed E-state index contributed by atoms with van der Waals surface area (Å²) in [5.74, 6) is 0. The molecule has 0 radical (unpaired) electrons. The van der Waals surface area contributed by atoms with Gasteiger partial charge < -0.3 is 9.88 Å². The lowest BCUT2D eigenvalue weighted by Crippen LogP contribution is -2.23. The number of nitrogens with zero attached hydrogens (tertiary/aromatic N) is 2. The van der Waals surface area contributed by atoms with E-state index in [1.54, 1.807) is 6.21 Å². The normalized spacial score (nSPS) is 10.9. The van der Waals surface area contributed by atoms with Gasteiger partial charge in [-0.3, -0.25) is 5.43 Å². The van der Waals surface area contributed by atoms with Gasteiger partial charge in [0, 0.05) is 28.3 Å². The monoisotopic (exact) mass is 362 g/mol. The summed E-state index contributed by atoms with van der Waals surface area (Å²) in [6.45, 7) is 6.30. The topological polar surface area (TPSA) is 41.4 Å². The van der Waals surface area contributed by atoms with Gasteiger partial charge in [-0.2, -0.15) is 5.10 Å². The summed E-state index contributed by atoms with van der Waals surface area (Å²) < 4.78 is 2.23. The molecule has 0 fully saturated rings. The summed E-state index contributed by atoms with van der Waals surface area (Å²) in [6, 6.07) is 20.4. The molecule has 0 aliphatic heterocycles. The third-order valence-corrected chi connectivity index (χ3v) is 4.32. The summed E-state index contributed by atoms with van der Waals surface area (Å²) in [6.07, 6.45) is 1.80. The van der Waals surface area contributed by atoms with Crippen LogP contribution in [0.2, 0.25) is 0 Å². The molecule has 2 N–H and O–H groups in total. The number of hydrogen-bond acceptors (Lipinski definition) is 2. The van der Waals surface area contributed by atoms with Crippen molar-refractivity contribution in [2.24, 2.45) is 5.10 Å². The third kappa shape index (κ3) is 4.18. The van der Waals surface area contributed by atoms with E-state index in [4.69, 9.17) is 12.2 Å². The molecule has 0 unspecified atom stereocenters. The number of thiocarbonyl (C=S) groups is 1. The van der Waals surface area contributed by atoms with Gasteiger partial charge in [0.25, 0.3) is 0 Å². The molecule has 3 aromatic rings. The van der Waals surface area contributed by atoms with E-state index in [-0.39, 0.29) is 0 Å². The standard InChI is InChI=1S/C21H22N4S/c1-15-8-7-11-20(12-15)25-16(2)13-18(17(25)3)14-22-24-21(26)23-19-9-5-4-6-10-19/h4-14H,1-3H3,(H2,23,24,26)/b22-14+. The van der Waals surface area contributed by atoms with Gasteiger partial charge in [-0.1, -0.05) is 30.3 Å². The Morgan fingerprint density at radius 3 is 2.50 bits per heavy atom. The van der Waals surface area contributed by atoms with Gasteiger partial charge in [-0.25, -0.2) is 0 Å². The number of anilines is 1. The van der Waals surface area contributed by atoms with Crippen LogP contribution in [0.4, 0.5) is 5.69 Å². The minimum atomic E-state index is 0.458. The molecule has 132 valence electrons. The summed E-state index contributed by atoms with van der Waals surface area (Å²) in [5, 5.41) is 7.82. The van der Waals surface area contributed by atoms with E-state index in [2.05, 4.69) is 71.5 Å². The quantitative estimate of drug-likeness (QED) is 0.401. The van der Waals surface area contributed by atoms with Gasteiger partial charge in [-0.05, 0) is 68.9 Å². The van der Waals surface area contributed by atoms with Crippen LogP contribution in [-0.4, -0.2) is 15.9 Å². The van der Waals surface area contributed by atoms with Gasteiger partial charge >= 0.3 is 0 Å². The SMILES string of the molecule is Cc1cccc(-n2c(C)cc(/C=N/NC(=S)Nc3ccccc3)c2C)c1. The maximum atomic E-state index is 5.26. The van der Waals surface area contributed by atoms with E-state index >= 15 is 0 Å². The fraction of sp³-hybridized carbons (Fsp3) is 0.143. The highest BCUT2D eigenvalue weighted by molar-refractivity contribution is 7.80. The van der Waals surface area contributed by atoms with E-state index in [9.17, 15) is 0 Å². The first-order chi connectivity index (χ1) is 12.5. The predicted molar refractivity (Wildman–Crippen MR) is 113 cm³/mol. The molecule has 4 nitrogen and oxygen atoms in total. The molecule has 0 amide bonds. The van der Waals surface area contributed by atoms with Crippen LogP contribution < -0.4 is 10.7 Å². The molecule has 1 heterocycles. The van der Waals surface area contributed by atoms with Crippen molar-refractivity contribution in [2.45, 2.75) is 20.8 Å². The Labute approximate surface area is 159 Å². The van der Waals surface area contributed by atoms with Crippen LogP contribution in [0.3, 0.4) is 0 Å². The largest absolute Gasteiger partial charge is 0.331 e. The fourth-order valence-electron chi connectivity index (χ4n) is 2.92. The third-order valence-electron chi connectivity index (χ3n) is 4.13. The van der Waals surface area contributed by atoms with Crippen molar-refractivity contribution in [3.63, 3.8) is 0 Å². The maximum Gasteiger partial charge on any atom is 0.191 e. The maximum absolute atomic E-state index is 5.26. The zero-order valence-electron chi connectivity index (χ0n) is 15.2. The number of hydrogen-bond donors (Lipinski definition) is 2. The summed E-state index contributed by atoms with van der Waals surface area (Å²) in [7, 11) is 0. The van der Waals surface area contributed by atoms with Gasteiger partial charge in [0.05, 0.1) is 6.21 Å². The highest BCUT2D eigenvalue weighted by Gasteiger charge is 2.09. The van der Waals surface area contributed by atoms with Crippen molar-refractivity contribution < 1.29 is 0 Å². The van der Waals surface area contributed by atoms with E-state index in [0.717, 1.165) is 22.6 Å². The Morgan fingerprint density at radius 2 is 1.77 bits per heavy atom. The number of para-hydroxylation sites is 1. The Kier molecular flexibility index (Phi) is 5.49. The van der Waals surface area contributed by atoms with Crippen molar-refractivity contribution in [1.29, 1.82) is 0 Å². The average molecular weight is 363 g/mol. The molecule has 0 spiro atoms. The van der Waals surface area contributed by atoms with Crippen LogP contribution in [0.25, 0.3) is 5.69 Å². The van der Waals surface area contributed by atoms with Gasteiger partial charge in [0.2, 0.25) is 0 Å². The summed E-state index contributed by atoms with van der Waals surface area (Å²) in [5.41, 5.74) is 9.55. The molecule has 3 rings (SSSR count). The van der Waals surface area contributed by atoms with Crippen LogP contribution in [0.15, 0.2) is 65.8 Å². The Balaban J connectivity index is 1.71. The van der Waals surface area contributed by atoms with Crippen molar-refractivity contribution in [3.8, 4) is 5.69 Å². The number of hydrazone groups is 1. The fourth-order valence-corrected chi connectivity index (χ4v) is 3.09. The van der Waals surface area contributed by atoms with Crippen LogP contribution >= 0.6 is 12.2 Å². The van der Waals surface area contributed by atoms with Crippen molar-refractivity contribution in [2.75, 3.05) is 5.32 Å². The van der Waals surface area contributed by atoms with Crippen LogP contribution in [-0.2, 0) is 0 Å². The smallest absolute Gasteiger partial charge is 0.191 e. The van der Waals surface area contributed by atoms with E-state index in [1.165, 1.54) is 11.3 Å². The number of rotatable bonds is 4. The van der Waals surface area contributed by atoms with Crippen molar-refractivity contribution in [1.82, 2.24) is 9.99 Å². The summed E-state index contributed by atoms with van der Waals surface area (Å²) in [4.78, 5) is 0. The van der Waals surface area contributed by atoms with Crippen LogP contribution in [0, 0.1) is 20.8 Å². The number of benzene rings is 2. The van der Waals surface area contributed by atoms with Crippen molar-refractivity contribution in [3.05, 3.63) is 83.2 Å². The number of aryl methyl sites for hydroxylation is 2. The highest BCUT2D eigenvalue weighted by atomic mass is 32.1. The molecular weight excluding hydrogens is 340 g/mol. The average Bonchev–Trinajstić information content (AvgIpc) is 2.89. The lowest BCUT2D eigenvalue weighted by atomic mass is 10.2. The first kappa shape index (κ1) is 17.9. The van der Waals surface area contributed by atoms with Gasteiger partial charge in [0.1, 0.15) is 0 Å². The number of nitrogens with one attached hydrogen (secondary N) is 2. The molecule has 5 heteroatoms. The molecule has 0 saturated carbocycles. The second kappa shape index (κ2) is 7.97. The first-order valence-corrected chi connectivity index (χ1v) is 8.86. The Morgan fingerprint density at radius 1 is 1.00 bits per heavy atom.